The van der Waals surface area contributed by atoms with E-state index in [-0.39, 0.29) is 5.82 Å². The number of fused-ring (bicyclic) bond motifs is 1. The first-order valence-electron chi connectivity index (χ1n) is 12.7. The van der Waals surface area contributed by atoms with Crippen molar-refractivity contribution in [1.29, 1.82) is 0 Å². The first kappa shape index (κ1) is 24.3. The molecule has 0 spiro atoms. The monoisotopic (exact) mass is 512 g/mol. The highest BCUT2D eigenvalue weighted by Crippen LogP contribution is 2.44. The van der Waals surface area contributed by atoms with Gasteiger partial charge >= 0.3 is 5.97 Å². The summed E-state index contributed by atoms with van der Waals surface area (Å²) < 4.78 is 21.5. The topological polar surface area (TPSA) is 44.1 Å². The van der Waals surface area contributed by atoms with Crippen molar-refractivity contribution < 1.29 is 13.9 Å². The van der Waals surface area contributed by atoms with E-state index in [1.165, 1.54) is 19.2 Å². The summed E-state index contributed by atoms with van der Waals surface area (Å²) in [7, 11) is 1.36. The lowest BCUT2D eigenvalue weighted by molar-refractivity contribution is 0.0601. The minimum absolute atomic E-state index is 0.361. The van der Waals surface area contributed by atoms with E-state index < -0.39 is 11.5 Å². The molecule has 0 aliphatic rings. The maximum atomic E-state index is 14.4. The highest BCUT2D eigenvalue weighted by molar-refractivity contribution is 6.00. The molecule has 6 aromatic rings. The molecule has 5 heteroatoms. The van der Waals surface area contributed by atoms with E-state index >= 15 is 0 Å². The van der Waals surface area contributed by atoms with Crippen molar-refractivity contribution in [2.24, 2.45) is 0 Å². The van der Waals surface area contributed by atoms with E-state index in [2.05, 4.69) is 36.4 Å². The molecule has 0 saturated carbocycles. The van der Waals surface area contributed by atoms with Crippen LogP contribution in [0.15, 0.2) is 133 Å². The van der Waals surface area contributed by atoms with Crippen LogP contribution in [0.25, 0.3) is 22.2 Å². The fourth-order valence-corrected chi connectivity index (χ4v) is 5.37. The van der Waals surface area contributed by atoms with Crippen LogP contribution in [0.3, 0.4) is 0 Å². The molecule has 1 aromatic heterocycles. The molecule has 0 amide bonds. The van der Waals surface area contributed by atoms with Gasteiger partial charge in [-0.15, -0.1) is 0 Å². The van der Waals surface area contributed by atoms with E-state index in [1.54, 1.807) is 18.2 Å². The molecule has 0 atom stereocenters. The number of ether oxygens (including phenoxy) is 1. The van der Waals surface area contributed by atoms with Crippen LogP contribution in [0.1, 0.15) is 27.0 Å². The molecule has 0 unspecified atom stereocenters. The molecule has 4 nitrogen and oxygen atoms in total. The summed E-state index contributed by atoms with van der Waals surface area (Å²) in [6.07, 6.45) is 0. The van der Waals surface area contributed by atoms with Crippen LogP contribution in [0, 0.1) is 5.82 Å². The molecule has 1 heterocycles. The zero-order valence-electron chi connectivity index (χ0n) is 21.3. The van der Waals surface area contributed by atoms with Crippen LogP contribution in [-0.4, -0.2) is 22.9 Å². The van der Waals surface area contributed by atoms with E-state index in [0.29, 0.717) is 16.8 Å². The van der Waals surface area contributed by atoms with E-state index in [0.717, 1.165) is 27.6 Å². The SMILES string of the molecule is COC(=O)c1ccc2c(c1)c(-c1cccc(F)c1)nn2C(c1ccccc1)(c1ccccc1)c1ccccc1. The van der Waals surface area contributed by atoms with Crippen molar-refractivity contribution in [2.75, 3.05) is 7.11 Å². The fourth-order valence-electron chi connectivity index (χ4n) is 5.37. The van der Waals surface area contributed by atoms with E-state index in [4.69, 9.17) is 9.84 Å². The van der Waals surface area contributed by atoms with Gasteiger partial charge in [-0.3, -0.25) is 0 Å². The van der Waals surface area contributed by atoms with Crippen LogP contribution in [0.4, 0.5) is 4.39 Å². The van der Waals surface area contributed by atoms with Crippen LogP contribution < -0.4 is 0 Å². The Bertz CT molecular complexity index is 1670. The molecule has 0 aliphatic heterocycles. The van der Waals surface area contributed by atoms with Gasteiger partial charge in [-0.1, -0.05) is 103 Å². The summed E-state index contributed by atoms with van der Waals surface area (Å²) in [4.78, 5) is 12.5. The third-order valence-electron chi connectivity index (χ3n) is 7.09. The second-order valence-corrected chi connectivity index (χ2v) is 9.30. The number of carbonyl (C=O) groups excluding carboxylic acids is 1. The van der Waals surface area contributed by atoms with Gasteiger partial charge < -0.3 is 4.74 Å². The number of aromatic nitrogens is 2. The standard InChI is InChI=1S/C34H25FN2O2/c1-39-33(38)25-20-21-31-30(23-25)32(24-12-11-19-29(35)22-24)36-37(31)34(26-13-5-2-6-14-26,27-15-7-3-8-16-27)28-17-9-4-10-18-28/h2-23H,1H3. The molecule has 0 saturated heterocycles. The Hall–Kier alpha value is -5.03. The number of benzene rings is 5. The average Bonchev–Trinajstić information content (AvgIpc) is 3.38. The Balaban J connectivity index is 1.79. The third-order valence-corrected chi connectivity index (χ3v) is 7.09. The van der Waals surface area contributed by atoms with Gasteiger partial charge in [-0.2, -0.15) is 5.10 Å². The predicted molar refractivity (Wildman–Crippen MR) is 151 cm³/mol. The summed E-state index contributed by atoms with van der Waals surface area (Å²) in [5, 5.41) is 5.94. The Morgan fingerprint density at radius 3 is 1.79 bits per heavy atom. The number of hydrogen-bond donors (Lipinski definition) is 0. The molecule has 0 radical (unpaired) electrons. The summed E-state index contributed by atoms with van der Waals surface area (Å²) in [5.41, 5.74) is 4.52. The van der Waals surface area contributed by atoms with E-state index in [9.17, 15) is 9.18 Å². The molecule has 0 fully saturated rings. The molecule has 0 bridgehead atoms. The first-order chi connectivity index (χ1) is 19.1. The largest absolute Gasteiger partial charge is 0.465 e. The van der Waals surface area contributed by atoms with Crippen LogP contribution in [0.5, 0.6) is 0 Å². The zero-order chi connectivity index (χ0) is 26.8. The fraction of sp³-hybridized carbons (Fsp3) is 0.0588. The molecule has 0 aliphatic carbocycles. The smallest absolute Gasteiger partial charge is 0.337 e. The Labute approximate surface area is 225 Å². The Morgan fingerprint density at radius 1 is 0.718 bits per heavy atom. The lowest BCUT2D eigenvalue weighted by Crippen LogP contribution is -2.38. The number of methoxy groups -OCH3 is 1. The van der Waals surface area contributed by atoms with Gasteiger partial charge in [-0.05, 0) is 47.0 Å². The van der Waals surface area contributed by atoms with Crippen molar-refractivity contribution in [1.82, 2.24) is 9.78 Å². The number of rotatable bonds is 6. The lowest BCUT2D eigenvalue weighted by atomic mass is 9.77. The maximum Gasteiger partial charge on any atom is 0.337 e. The summed E-state index contributed by atoms with van der Waals surface area (Å²) in [6.45, 7) is 0. The summed E-state index contributed by atoms with van der Waals surface area (Å²) in [6, 6.07) is 42.4. The van der Waals surface area contributed by atoms with Gasteiger partial charge in [0.1, 0.15) is 17.1 Å². The van der Waals surface area contributed by atoms with Gasteiger partial charge in [-0.25, -0.2) is 13.9 Å². The molecular weight excluding hydrogens is 487 g/mol. The third kappa shape index (κ3) is 4.09. The van der Waals surface area contributed by atoms with Gasteiger partial charge in [0.05, 0.1) is 18.2 Å². The van der Waals surface area contributed by atoms with Gasteiger partial charge in [0.2, 0.25) is 0 Å². The molecule has 0 N–H and O–H groups in total. The van der Waals surface area contributed by atoms with Crippen molar-refractivity contribution in [3.8, 4) is 11.3 Å². The predicted octanol–water partition coefficient (Wildman–Crippen LogP) is 7.47. The van der Waals surface area contributed by atoms with Gasteiger partial charge in [0, 0.05) is 10.9 Å². The Morgan fingerprint density at radius 2 is 1.28 bits per heavy atom. The number of halogens is 1. The minimum atomic E-state index is -0.875. The zero-order valence-corrected chi connectivity index (χ0v) is 21.3. The van der Waals surface area contributed by atoms with Crippen molar-refractivity contribution in [3.63, 3.8) is 0 Å². The maximum absolute atomic E-state index is 14.4. The number of nitrogens with zero attached hydrogens (tertiary/aromatic N) is 2. The van der Waals surface area contributed by atoms with E-state index in [1.807, 2.05) is 71.4 Å². The van der Waals surface area contributed by atoms with Crippen molar-refractivity contribution >= 4 is 16.9 Å². The molecule has 5 aromatic carbocycles. The summed E-state index contributed by atoms with van der Waals surface area (Å²) >= 11 is 0. The normalized spacial score (nSPS) is 11.4. The van der Waals surface area contributed by atoms with Crippen molar-refractivity contribution in [2.45, 2.75) is 5.54 Å². The number of carbonyl (C=O) groups is 1. The van der Waals surface area contributed by atoms with Crippen LogP contribution >= 0.6 is 0 Å². The Kier molecular flexibility index (Phi) is 6.25. The number of hydrogen-bond acceptors (Lipinski definition) is 3. The first-order valence-corrected chi connectivity index (χ1v) is 12.7. The molecule has 190 valence electrons. The highest BCUT2D eigenvalue weighted by Gasteiger charge is 2.41. The van der Waals surface area contributed by atoms with Gasteiger partial charge in [0.25, 0.3) is 0 Å². The average molecular weight is 513 g/mol. The van der Waals surface area contributed by atoms with Gasteiger partial charge in [0.15, 0.2) is 0 Å². The lowest BCUT2D eigenvalue weighted by Gasteiger charge is -2.37. The minimum Gasteiger partial charge on any atom is -0.465 e. The van der Waals surface area contributed by atoms with Crippen LogP contribution in [0.2, 0.25) is 0 Å². The van der Waals surface area contributed by atoms with Crippen LogP contribution in [-0.2, 0) is 10.3 Å². The highest BCUT2D eigenvalue weighted by atomic mass is 19.1. The molecule has 39 heavy (non-hydrogen) atoms. The quantitative estimate of drug-likeness (QED) is 0.172. The molecule has 6 rings (SSSR count). The van der Waals surface area contributed by atoms with Crippen molar-refractivity contribution in [3.05, 3.63) is 162 Å². The molecular formula is C34H25FN2O2. The summed E-state index contributed by atoms with van der Waals surface area (Å²) in [5.74, 6) is -0.810. The number of esters is 1. The second-order valence-electron chi connectivity index (χ2n) is 9.30. The second kappa shape index (κ2) is 10.0.